The van der Waals surface area contributed by atoms with Gasteiger partial charge < -0.3 is 4.74 Å². The molecular formula is C21H16F2O. The van der Waals surface area contributed by atoms with Crippen molar-refractivity contribution in [2.75, 3.05) is 0 Å². The average Bonchev–Trinajstić information content (AvgIpc) is 2.57. The molecule has 120 valence electrons. The van der Waals surface area contributed by atoms with Crippen LogP contribution in [0.2, 0.25) is 0 Å². The molecule has 0 aromatic heterocycles. The third-order valence-corrected chi connectivity index (χ3v) is 3.66. The molecule has 0 spiro atoms. The number of allylic oxidation sites excluding steroid dienone is 1. The molecule has 3 heteroatoms. The van der Waals surface area contributed by atoms with Gasteiger partial charge in [0.2, 0.25) is 0 Å². The van der Waals surface area contributed by atoms with Crippen molar-refractivity contribution < 1.29 is 13.5 Å². The van der Waals surface area contributed by atoms with E-state index >= 15 is 0 Å². The van der Waals surface area contributed by atoms with Gasteiger partial charge in [0.1, 0.15) is 23.1 Å². The van der Waals surface area contributed by atoms with E-state index in [-0.39, 0.29) is 11.6 Å². The molecule has 3 aromatic rings. The molecule has 0 saturated carbocycles. The van der Waals surface area contributed by atoms with Crippen LogP contribution in [0.15, 0.2) is 73.3 Å². The van der Waals surface area contributed by atoms with Crippen molar-refractivity contribution in [3.63, 3.8) is 0 Å². The summed E-state index contributed by atoms with van der Waals surface area (Å²) in [5.41, 5.74) is 2.53. The zero-order chi connectivity index (χ0) is 17.1. The van der Waals surface area contributed by atoms with Crippen LogP contribution in [-0.4, -0.2) is 0 Å². The maximum Gasteiger partial charge on any atom is 0.145 e. The topological polar surface area (TPSA) is 9.23 Å². The maximum absolute atomic E-state index is 14.6. The molecule has 0 atom stereocenters. The van der Waals surface area contributed by atoms with Crippen LogP contribution in [0.1, 0.15) is 12.5 Å². The Morgan fingerprint density at radius 1 is 0.875 bits per heavy atom. The Bertz CT molecular complexity index is 868. The summed E-state index contributed by atoms with van der Waals surface area (Å²) < 4.78 is 33.6. The molecule has 0 aliphatic rings. The van der Waals surface area contributed by atoms with E-state index in [9.17, 15) is 8.78 Å². The molecule has 0 amide bonds. The second-order valence-electron chi connectivity index (χ2n) is 5.50. The summed E-state index contributed by atoms with van der Waals surface area (Å²) in [5.74, 6) is 0.0651. The summed E-state index contributed by atoms with van der Waals surface area (Å²) in [6.07, 6.45) is 0. The highest BCUT2D eigenvalue weighted by atomic mass is 19.1. The Hall–Kier alpha value is -2.94. The first-order chi connectivity index (χ1) is 11.6. The Morgan fingerprint density at radius 3 is 2.17 bits per heavy atom. The largest absolute Gasteiger partial charge is 0.456 e. The summed E-state index contributed by atoms with van der Waals surface area (Å²) in [4.78, 5) is 0. The van der Waals surface area contributed by atoms with Crippen molar-refractivity contribution in [3.05, 3.63) is 90.5 Å². The molecule has 1 nitrogen and oxygen atoms in total. The summed E-state index contributed by atoms with van der Waals surface area (Å²) in [7, 11) is 0. The highest BCUT2D eigenvalue weighted by Crippen LogP contribution is 2.40. The number of halogens is 2. The van der Waals surface area contributed by atoms with Crippen LogP contribution in [0.4, 0.5) is 8.78 Å². The van der Waals surface area contributed by atoms with Crippen molar-refractivity contribution in [2.45, 2.75) is 6.92 Å². The van der Waals surface area contributed by atoms with E-state index in [0.29, 0.717) is 28.2 Å². The zero-order valence-electron chi connectivity index (χ0n) is 13.2. The minimum absolute atomic E-state index is 0.356. The molecule has 0 aliphatic carbocycles. The van der Waals surface area contributed by atoms with E-state index < -0.39 is 0 Å². The van der Waals surface area contributed by atoms with Crippen molar-refractivity contribution in [2.24, 2.45) is 0 Å². The summed E-state index contributed by atoms with van der Waals surface area (Å²) >= 11 is 0. The molecular weight excluding hydrogens is 306 g/mol. The van der Waals surface area contributed by atoms with Gasteiger partial charge in [0.05, 0.1) is 5.56 Å². The summed E-state index contributed by atoms with van der Waals surface area (Å²) in [6.45, 7) is 5.78. The first-order valence-corrected chi connectivity index (χ1v) is 7.53. The highest BCUT2D eigenvalue weighted by Gasteiger charge is 2.18. The van der Waals surface area contributed by atoms with Crippen LogP contribution in [0.25, 0.3) is 16.7 Å². The fourth-order valence-electron chi connectivity index (χ4n) is 2.50. The lowest BCUT2D eigenvalue weighted by Crippen LogP contribution is -1.96. The third kappa shape index (κ3) is 3.20. The van der Waals surface area contributed by atoms with E-state index in [1.54, 1.807) is 6.07 Å². The minimum Gasteiger partial charge on any atom is -0.456 e. The maximum atomic E-state index is 14.6. The van der Waals surface area contributed by atoms with Crippen molar-refractivity contribution in [1.82, 2.24) is 0 Å². The van der Waals surface area contributed by atoms with Gasteiger partial charge in [-0.2, -0.15) is 0 Å². The summed E-state index contributed by atoms with van der Waals surface area (Å²) in [5, 5.41) is 0. The van der Waals surface area contributed by atoms with Crippen molar-refractivity contribution in [1.29, 1.82) is 0 Å². The van der Waals surface area contributed by atoms with Gasteiger partial charge in [0.25, 0.3) is 0 Å². The quantitative estimate of drug-likeness (QED) is 0.536. The molecule has 3 aromatic carbocycles. The lowest BCUT2D eigenvalue weighted by Gasteiger charge is -2.17. The van der Waals surface area contributed by atoms with Gasteiger partial charge in [-0.1, -0.05) is 36.9 Å². The molecule has 3 rings (SSSR count). The average molecular weight is 322 g/mol. The van der Waals surface area contributed by atoms with Crippen molar-refractivity contribution >= 4 is 5.57 Å². The Morgan fingerprint density at radius 2 is 1.54 bits per heavy atom. The Kier molecular flexibility index (Phi) is 4.43. The normalized spacial score (nSPS) is 10.5. The summed E-state index contributed by atoms with van der Waals surface area (Å²) in [6, 6.07) is 17.9. The minimum atomic E-state index is -0.386. The zero-order valence-corrected chi connectivity index (χ0v) is 13.2. The predicted octanol–water partition coefficient (Wildman–Crippen LogP) is 6.46. The number of benzene rings is 3. The number of ether oxygens (including phenoxy) is 1. The molecule has 0 bridgehead atoms. The molecule has 0 radical (unpaired) electrons. The van der Waals surface area contributed by atoms with Gasteiger partial charge in [0.15, 0.2) is 0 Å². The lowest BCUT2D eigenvalue weighted by molar-refractivity contribution is 0.476. The number of hydrogen-bond donors (Lipinski definition) is 0. The predicted molar refractivity (Wildman–Crippen MR) is 93.0 cm³/mol. The molecule has 0 heterocycles. The standard InChI is InChI=1S/C21H16F2O/c1-14(2)18-12-13-19(23)20(15-6-4-3-5-7-15)21(18)24-17-10-8-16(22)9-11-17/h3-13H,1H2,2H3. The van der Waals surface area contributed by atoms with Crippen molar-refractivity contribution in [3.8, 4) is 22.6 Å². The van der Waals surface area contributed by atoms with Gasteiger partial charge in [-0.05, 0) is 54.5 Å². The van der Waals surface area contributed by atoms with E-state index in [1.165, 1.54) is 30.3 Å². The third-order valence-electron chi connectivity index (χ3n) is 3.66. The fraction of sp³-hybridized carbons (Fsp3) is 0.0476. The van der Waals surface area contributed by atoms with E-state index in [2.05, 4.69) is 6.58 Å². The van der Waals surface area contributed by atoms with Crippen LogP contribution in [-0.2, 0) is 0 Å². The smallest absolute Gasteiger partial charge is 0.145 e. The Labute approximate surface area is 139 Å². The first kappa shape index (κ1) is 15.9. The number of rotatable bonds is 4. The van der Waals surface area contributed by atoms with E-state index in [4.69, 9.17) is 4.74 Å². The van der Waals surface area contributed by atoms with Gasteiger partial charge in [-0.15, -0.1) is 0 Å². The molecule has 0 unspecified atom stereocenters. The second-order valence-corrected chi connectivity index (χ2v) is 5.50. The van der Waals surface area contributed by atoms with Gasteiger partial charge in [-0.3, -0.25) is 0 Å². The monoisotopic (exact) mass is 322 g/mol. The van der Waals surface area contributed by atoms with E-state index in [0.717, 1.165) is 5.57 Å². The molecule has 0 aliphatic heterocycles. The fourth-order valence-corrected chi connectivity index (χ4v) is 2.50. The van der Waals surface area contributed by atoms with Crippen LogP contribution in [0.5, 0.6) is 11.5 Å². The van der Waals surface area contributed by atoms with Crippen LogP contribution < -0.4 is 4.74 Å². The number of hydrogen-bond acceptors (Lipinski definition) is 1. The molecule has 0 saturated heterocycles. The van der Waals surface area contributed by atoms with Gasteiger partial charge in [-0.25, -0.2) is 8.78 Å². The van der Waals surface area contributed by atoms with E-state index in [1.807, 2.05) is 37.3 Å². The lowest BCUT2D eigenvalue weighted by atomic mass is 9.98. The van der Waals surface area contributed by atoms with Crippen LogP contribution in [0.3, 0.4) is 0 Å². The SMILES string of the molecule is C=C(C)c1ccc(F)c(-c2ccccc2)c1Oc1ccc(F)cc1. The molecule has 0 fully saturated rings. The Balaban J connectivity index is 2.19. The second kappa shape index (κ2) is 6.67. The highest BCUT2D eigenvalue weighted by molar-refractivity contribution is 5.80. The van der Waals surface area contributed by atoms with Crippen LogP contribution in [0, 0.1) is 11.6 Å². The van der Waals surface area contributed by atoms with Crippen LogP contribution >= 0.6 is 0 Å². The molecule has 0 N–H and O–H groups in total. The first-order valence-electron chi connectivity index (χ1n) is 7.53. The van der Waals surface area contributed by atoms with Gasteiger partial charge in [0, 0.05) is 5.56 Å². The molecule has 24 heavy (non-hydrogen) atoms. The van der Waals surface area contributed by atoms with Gasteiger partial charge >= 0.3 is 0 Å².